The second-order valence-corrected chi connectivity index (χ2v) is 5.20. The van der Waals surface area contributed by atoms with Crippen molar-refractivity contribution < 1.29 is 0 Å². The molecule has 0 heterocycles. The summed E-state index contributed by atoms with van der Waals surface area (Å²) >= 11 is 4.68. The van der Waals surface area contributed by atoms with Crippen LogP contribution in [0, 0.1) is 0 Å². The van der Waals surface area contributed by atoms with Crippen molar-refractivity contribution in [1.82, 2.24) is 0 Å². The molecule has 0 radical (unpaired) electrons. The van der Waals surface area contributed by atoms with Crippen molar-refractivity contribution in [3.05, 3.63) is 0 Å². The van der Waals surface area contributed by atoms with Crippen LogP contribution in [-0.2, 0) is 0 Å². The minimum absolute atomic E-state index is 0.338. The average Bonchev–Trinajstić information content (AvgIpc) is 2.00. The van der Waals surface area contributed by atoms with Crippen LogP contribution in [0.15, 0.2) is 0 Å². The molecule has 1 heteroatoms. The Kier molecular flexibility index (Phi) is 3.77. The summed E-state index contributed by atoms with van der Waals surface area (Å²) in [6.07, 6.45) is 11.2. The third kappa shape index (κ3) is 4.05. The van der Waals surface area contributed by atoms with Gasteiger partial charge in [0, 0.05) is 4.75 Å². The molecule has 1 saturated carbocycles. The van der Waals surface area contributed by atoms with Gasteiger partial charge in [-0.3, -0.25) is 0 Å². The van der Waals surface area contributed by atoms with E-state index in [1.165, 1.54) is 51.4 Å². The van der Waals surface area contributed by atoms with E-state index < -0.39 is 0 Å². The van der Waals surface area contributed by atoms with E-state index in [1.54, 1.807) is 0 Å². The van der Waals surface area contributed by atoms with Gasteiger partial charge in [0.05, 0.1) is 0 Å². The van der Waals surface area contributed by atoms with Crippen molar-refractivity contribution in [2.75, 3.05) is 0 Å². The largest absolute Gasteiger partial charge is 0.173 e. The topological polar surface area (TPSA) is 0 Å². The Morgan fingerprint density at radius 3 is 1.64 bits per heavy atom. The Morgan fingerprint density at radius 1 is 0.818 bits per heavy atom. The molecule has 0 spiro atoms. The molecule has 0 saturated heterocycles. The van der Waals surface area contributed by atoms with Crippen molar-refractivity contribution >= 4 is 12.6 Å². The molecule has 66 valence electrons. The second-order valence-electron chi connectivity index (χ2n) is 4.12. The van der Waals surface area contributed by atoms with Crippen LogP contribution in [0.2, 0.25) is 0 Å². The molecule has 0 bridgehead atoms. The Labute approximate surface area is 76.2 Å². The summed E-state index contributed by atoms with van der Waals surface area (Å²) in [5, 5.41) is 0. The third-order valence-electron chi connectivity index (χ3n) is 2.68. The summed E-state index contributed by atoms with van der Waals surface area (Å²) in [5.74, 6) is 0. The molecular formula is C10H20S. The molecule has 0 N–H and O–H groups in total. The predicted octanol–water partition coefficient (Wildman–Crippen LogP) is 3.81. The second kappa shape index (κ2) is 4.39. The van der Waals surface area contributed by atoms with Crippen molar-refractivity contribution in [1.29, 1.82) is 0 Å². The number of thiol groups is 1. The highest BCUT2D eigenvalue weighted by molar-refractivity contribution is 7.81. The molecule has 1 rings (SSSR count). The van der Waals surface area contributed by atoms with E-state index in [-0.39, 0.29) is 0 Å². The molecule has 0 nitrogen and oxygen atoms in total. The number of hydrogen-bond acceptors (Lipinski definition) is 1. The molecule has 0 aromatic heterocycles. The van der Waals surface area contributed by atoms with E-state index in [0.29, 0.717) is 4.75 Å². The number of hydrogen-bond donors (Lipinski definition) is 1. The number of rotatable bonds is 0. The van der Waals surface area contributed by atoms with Crippen LogP contribution in [0.3, 0.4) is 0 Å². The molecule has 11 heavy (non-hydrogen) atoms. The highest BCUT2D eigenvalue weighted by Gasteiger charge is 2.18. The Hall–Kier alpha value is 0.350. The van der Waals surface area contributed by atoms with Gasteiger partial charge in [0.2, 0.25) is 0 Å². The van der Waals surface area contributed by atoms with Crippen LogP contribution in [0.1, 0.15) is 58.3 Å². The van der Waals surface area contributed by atoms with Gasteiger partial charge in [0.25, 0.3) is 0 Å². The predicted molar refractivity (Wildman–Crippen MR) is 54.3 cm³/mol. The molecule has 1 aliphatic carbocycles. The van der Waals surface area contributed by atoms with Crippen molar-refractivity contribution in [3.63, 3.8) is 0 Å². The monoisotopic (exact) mass is 172 g/mol. The van der Waals surface area contributed by atoms with E-state index >= 15 is 0 Å². The summed E-state index contributed by atoms with van der Waals surface area (Å²) in [5.41, 5.74) is 0. The third-order valence-corrected chi connectivity index (χ3v) is 3.13. The summed E-state index contributed by atoms with van der Waals surface area (Å²) in [4.78, 5) is 0. The lowest BCUT2D eigenvalue weighted by Crippen LogP contribution is -2.15. The lowest BCUT2D eigenvalue weighted by Gasteiger charge is -2.22. The van der Waals surface area contributed by atoms with Gasteiger partial charge in [-0.15, -0.1) is 0 Å². The first-order valence-electron chi connectivity index (χ1n) is 4.93. The zero-order valence-electron chi connectivity index (χ0n) is 7.60. The van der Waals surface area contributed by atoms with Gasteiger partial charge in [-0.25, -0.2) is 0 Å². The van der Waals surface area contributed by atoms with E-state index in [0.717, 1.165) is 0 Å². The van der Waals surface area contributed by atoms with Crippen LogP contribution < -0.4 is 0 Å². The van der Waals surface area contributed by atoms with Crippen molar-refractivity contribution in [2.45, 2.75) is 63.0 Å². The highest BCUT2D eigenvalue weighted by Crippen LogP contribution is 2.30. The highest BCUT2D eigenvalue weighted by atomic mass is 32.1. The minimum atomic E-state index is 0.338. The SMILES string of the molecule is CC1(S)CCCCCCCC1. The lowest BCUT2D eigenvalue weighted by atomic mass is 9.98. The first-order chi connectivity index (χ1) is 5.21. The maximum absolute atomic E-state index is 4.68. The smallest absolute Gasteiger partial charge is 0.0101 e. The molecule has 0 aromatic carbocycles. The molecule has 0 unspecified atom stereocenters. The zero-order valence-corrected chi connectivity index (χ0v) is 8.50. The summed E-state index contributed by atoms with van der Waals surface area (Å²) in [6, 6.07) is 0. The van der Waals surface area contributed by atoms with Gasteiger partial charge in [-0.1, -0.05) is 45.4 Å². The van der Waals surface area contributed by atoms with Gasteiger partial charge >= 0.3 is 0 Å². The van der Waals surface area contributed by atoms with Crippen molar-refractivity contribution in [3.8, 4) is 0 Å². The molecule has 0 aromatic rings. The van der Waals surface area contributed by atoms with Crippen molar-refractivity contribution in [2.24, 2.45) is 0 Å². The molecule has 0 aliphatic heterocycles. The van der Waals surface area contributed by atoms with E-state index in [1.807, 2.05) is 0 Å². The van der Waals surface area contributed by atoms with Gasteiger partial charge in [-0.05, 0) is 12.8 Å². The molecule has 1 aliphatic rings. The molecular weight excluding hydrogens is 152 g/mol. The van der Waals surface area contributed by atoms with Gasteiger partial charge in [0.15, 0.2) is 0 Å². The van der Waals surface area contributed by atoms with E-state index in [2.05, 4.69) is 19.6 Å². The molecule has 0 amide bonds. The summed E-state index contributed by atoms with van der Waals surface area (Å²) < 4.78 is 0.338. The van der Waals surface area contributed by atoms with Crippen LogP contribution in [0.25, 0.3) is 0 Å². The fraction of sp³-hybridized carbons (Fsp3) is 1.00. The Balaban J connectivity index is 2.31. The summed E-state index contributed by atoms with van der Waals surface area (Å²) in [6.45, 7) is 2.29. The quantitative estimate of drug-likeness (QED) is 0.528. The average molecular weight is 172 g/mol. The van der Waals surface area contributed by atoms with E-state index in [9.17, 15) is 0 Å². The Bertz CT molecular complexity index is 95.4. The maximum Gasteiger partial charge on any atom is 0.0101 e. The van der Waals surface area contributed by atoms with Crippen LogP contribution in [0.4, 0.5) is 0 Å². The normalized spacial score (nSPS) is 26.7. The van der Waals surface area contributed by atoms with Gasteiger partial charge in [-0.2, -0.15) is 12.6 Å². The molecule has 1 fully saturated rings. The summed E-state index contributed by atoms with van der Waals surface area (Å²) in [7, 11) is 0. The fourth-order valence-corrected chi connectivity index (χ4v) is 2.16. The first-order valence-corrected chi connectivity index (χ1v) is 5.38. The van der Waals surface area contributed by atoms with Crippen LogP contribution in [0.5, 0.6) is 0 Å². The van der Waals surface area contributed by atoms with E-state index in [4.69, 9.17) is 0 Å². The standard InChI is InChI=1S/C10H20S/c1-10(11)8-6-4-2-3-5-7-9-10/h11H,2-9H2,1H3. The van der Waals surface area contributed by atoms with Gasteiger partial charge < -0.3 is 0 Å². The first kappa shape index (κ1) is 9.44. The maximum atomic E-state index is 4.68. The van der Waals surface area contributed by atoms with Gasteiger partial charge in [0.1, 0.15) is 0 Å². The van der Waals surface area contributed by atoms with Crippen LogP contribution >= 0.6 is 12.6 Å². The lowest BCUT2D eigenvalue weighted by molar-refractivity contribution is 0.513. The fourth-order valence-electron chi connectivity index (χ4n) is 1.84. The van der Waals surface area contributed by atoms with Crippen LogP contribution in [-0.4, -0.2) is 4.75 Å². The molecule has 0 atom stereocenters. The minimum Gasteiger partial charge on any atom is -0.173 e. The zero-order chi connectivity index (χ0) is 8.16. The Morgan fingerprint density at radius 2 is 1.18 bits per heavy atom.